The number of halogens is 1. The summed E-state index contributed by atoms with van der Waals surface area (Å²) in [4.78, 5) is 30.7. The number of aromatic nitrogens is 2. The van der Waals surface area contributed by atoms with Crippen molar-refractivity contribution in [3.8, 4) is 0 Å². The minimum absolute atomic E-state index is 0.00307. The van der Waals surface area contributed by atoms with E-state index in [0.29, 0.717) is 5.69 Å². The van der Waals surface area contributed by atoms with Gasteiger partial charge in [-0.05, 0) is 31.0 Å². The number of carbonyl (C=O) groups is 2. The van der Waals surface area contributed by atoms with Gasteiger partial charge in [0.05, 0.1) is 5.56 Å². The van der Waals surface area contributed by atoms with Crippen LogP contribution in [-0.4, -0.2) is 39.0 Å². The van der Waals surface area contributed by atoms with Crippen LogP contribution in [0.3, 0.4) is 0 Å². The number of nitrogens with one attached hydrogen (secondary N) is 2. The lowest BCUT2D eigenvalue weighted by Gasteiger charge is -2.30. The average molecular weight is 388 g/mol. The van der Waals surface area contributed by atoms with Crippen LogP contribution in [0.2, 0.25) is 0 Å². The number of amides is 1. The van der Waals surface area contributed by atoms with Gasteiger partial charge in [0.1, 0.15) is 11.5 Å². The molecule has 2 heterocycles. The summed E-state index contributed by atoms with van der Waals surface area (Å²) in [7, 11) is 0. The lowest BCUT2D eigenvalue weighted by atomic mass is 9.91. The SMILES string of the molecule is NC(=O)c1cc(F)c(NC2CCCCC2N)nc1Nc1ccnc(C(=O)O)c1. The molecule has 2 atom stereocenters. The molecular weight excluding hydrogens is 367 g/mol. The van der Waals surface area contributed by atoms with E-state index in [4.69, 9.17) is 16.6 Å². The number of nitrogens with two attached hydrogens (primary N) is 2. The van der Waals surface area contributed by atoms with E-state index in [1.165, 1.54) is 18.3 Å². The van der Waals surface area contributed by atoms with Gasteiger partial charge in [0.25, 0.3) is 5.91 Å². The van der Waals surface area contributed by atoms with Gasteiger partial charge in [-0.3, -0.25) is 4.79 Å². The van der Waals surface area contributed by atoms with E-state index in [9.17, 15) is 14.0 Å². The van der Waals surface area contributed by atoms with Gasteiger partial charge >= 0.3 is 5.97 Å². The first-order valence-electron chi connectivity index (χ1n) is 8.84. The molecule has 2 aromatic rings. The Bertz CT molecular complexity index is 907. The quantitative estimate of drug-likeness (QED) is 0.502. The zero-order valence-corrected chi connectivity index (χ0v) is 15.0. The third kappa shape index (κ3) is 4.34. The fourth-order valence-corrected chi connectivity index (χ4v) is 3.15. The van der Waals surface area contributed by atoms with Gasteiger partial charge in [-0.1, -0.05) is 12.8 Å². The molecule has 1 saturated carbocycles. The monoisotopic (exact) mass is 388 g/mol. The van der Waals surface area contributed by atoms with Crippen LogP contribution in [0.1, 0.15) is 46.5 Å². The van der Waals surface area contributed by atoms with E-state index >= 15 is 0 Å². The van der Waals surface area contributed by atoms with E-state index in [2.05, 4.69) is 20.6 Å². The average Bonchev–Trinajstić information content (AvgIpc) is 2.66. The van der Waals surface area contributed by atoms with E-state index in [-0.39, 0.29) is 35.0 Å². The van der Waals surface area contributed by atoms with E-state index in [1.807, 2.05) is 0 Å². The minimum Gasteiger partial charge on any atom is -0.477 e. The number of carboxylic acids is 1. The summed E-state index contributed by atoms with van der Waals surface area (Å²) >= 11 is 0. The highest BCUT2D eigenvalue weighted by atomic mass is 19.1. The van der Waals surface area contributed by atoms with Crippen LogP contribution in [0.4, 0.5) is 21.7 Å². The molecule has 0 saturated heterocycles. The Morgan fingerprint density at radius 3 is 2.64 bits per heavy atom. The number of anilines is 3. The largest absolute Gasteiger partial charge is 0.477 e. The molecule has 0 spiro atoms. The Hall–Kier alpha value is -3.27. The first-order chi connectivity index (χ1) is 13.3. The number of nitrogens with zero attached hydrogens (tertiary/aromatic N) is 2. The maximum atomic E-state index is 14.5. The summed E-state index contributed by atoms with van der Waals surface area (Å²) in [5, 5.41) is 14.9. The number of pyridine rings is 2. The minimum atomic E-state index is -1.21. The van der Waals surface area contributed by atoms with Crippen molar-refractivity contribution >= 4 is 29.2 Å². The molecule has 3 rings (SSSR count). The van der Waals surface area contributed by atoms with Crippen LogP contribution < -0.4 is 22.1 Å². The molecule has 28 heavy (non-hydrogen) atoms. The molecular formula is C18H21FN6O3. The predicted molar refractivity (Wildman–Crippen MR) is 101 cm³/mol. The standard InChI is InChI=1S/C18H21FN6O3/c19-11-8-10(15(21)26)16(23-9-5-6-22-14(7-9)18(27)28)25-17(11)24-13-4-2-1-3-12(13)20/h5-8,12-13H,1-4,20H2,(H2,21,26)(H,27,28)(H2,22,23,24,25). The molecule has 10 heteroatoms. The molecule has 1 fully saturated rings. The Labute approximate surface area is 160 Å². The summed E-state index contributed by atoms with van der Waals surface area (Å²) in [5.41, 5.74) is 11.4. The molecule has 1 aliphatic carbocycles. The molecule has 2 aromatic heterocycles. The van der Waals surface area contributed by atoms with Gasteiger partial charge in [0.2, 0.25) is 0 Å². The fraction of sp³-hybridized carbons (Fsp3) is 0.333. The first kappa shape index (κ1) is 19.5. The van der Waals surface area contributed by atoms with Crippen molar-refractivity contribution in [2.24, 2.45) is 11.5 Å². The summed E-state index contributed by atoms with van der Waals surface area (Å²) in [6.45, 7) is 0. The zero-order valence-electron chi connectivity index (χ0n) is 15.0. The first-order valence-corrected chi connectivity index (χ1v) is 8.84. The van der Waals surface area contributed by atoms with Gasteiger partial charge in [-0.2, -0.15) is 0 Å². The third-order valence-corrected chi connectivity index (χ3v) is 4.62. The zero-order chi connectivity index (χ0) is 20.3. The maximum Gasteiger partial charge on any atom is 0.354 e. The number of carbonyl (C=O) groups excluding carboxylic acids is 1. The molecule has 1 amide bonds. The van der Waals surface area contributed by atoms with E-state index in [0.717, 1.165) is 31.7 Å². The fourth-order valence-electron chi connectivity index (χ4n) is 3.15. The van der Waals surface area contributed by atoms with Crippen LogP contribution in [0.15, 0.2) is 24.4 Å². The number of hydrogen-bond acceptors (Lipinski definition) is 7. The molecule has 0 bridgehead atoms. The van der Waals surface area contributed by atoms with Gasteiger partial charge in [-0.15, -0.1) is 0 Å². The molecule has 9 nitrogen and oxygen atoms in total. The number of rotatable bonds is 6. The number of aromatic carboxylic acids is 1. The van der Waals surface area contributed by atoms with Crippen molar-refractivity contribution in [3.63, 3.8) is 0 Å². The Morgan fingerprint density at radius 1 is 1.21 bits per heavy atom. The summed E-state index contributed by atoms with van der Waals surface area (Å²) in [5.74, 6) is -2.86. The smallest absolute Gasteiger partial charge is 0.354 e. The second-order valence-electron chi connectivity index (χ2n) is 6.64. The predicted octanol–water partition coefficient (Wildman–Crippen LogP) is 1.84. The Balaban J connectivity index is 1.93. The number of carboxylic acid groups (broad SMARTS) is 1. The molecule has 0 aromatic carbocycles. The van der Waals surface area contributed by atoms with Gasteiger partial charge < -0.3 is 27.2 Å². The molecule has 148 valence electrons. The second-order valence-corrected chi connectivity index (χ2v) is 6.64. The van der Waals surface area contributed by atoms with Crippen molar-refractivity contribution in [2.45, 2.75) is 37.8 Å². The van der Waals surface area contributed by atoms with Gasteiger partial charge in [-0.25, -0.2) is 19.2 Å². The van der Waals surface area contributed by atoms with Crippen molar-refractivity contribution in [2.75, 3.05) is 10.6 Å². The third-order valence-electron chi connectivity index (χ3n) is 4.62. The van der Waals surface area contributed by atoms with Crippen molar-refractivity contribution in [1.82, 2.24) is 9.97 Å². The van der Waals surface area contributed by atoms with Crippen molar-refractivity contribution < 1.29 is 19.1 Å². The van der Waals surface area contributed by atoms with Crippen molar-refractivity contribution in [1.29, 1.82) is 0 Å². The Kier molecular flexibility index (Phi) is 5.69. The van der Waals surface area contributed by atoms with Crippen LogP contribution in [0.5, 0.6) is 0 Å². The molecule has 1 aliphatic rings. The topological polar surface area (TPSA) is 156 Å². The second kappa shape index (κ2) is 8.17. The van der Waals surface area contributed by atoms with E-state index < -0.39 is 17.7 Å². The van der Waals surface area contributed by atoms with Crippen LogP contribution >= 0.6 is 0 Å². The van der Waals surface area contributed by atoms with Gasteiger partial charge in [0.15, 0.2) is 11.6 Å². The molecule has 0 radical (unpaired) electrons. The lowest BCUT2D eigenvalue weighted by Crippen LogP contribution is -2.43. The van der Waals surface area contributed by atoms with Crippen LogP contribution in [0.25, 0.3) is 0 Å². The normalized spacial score (nSPS) is 19.1. The lowest BCUT2D eigenvalue weighted by molar-refractivity contribution is 0.0690. The Morgan fingerprint density at radius 2 is 1.96 bits per heavy atom. The van der Waals surface area contributed by atoms with Gasteiger partial charge in [0, 0.05) is 24.0 Å². The summed E-state index contributed by atoms with van der Waals surface area (Å²) in [6, 6.07) is 3.49. The van der Waals surface area contributed by atoms with Crippen LogP contribution in [0, 0.1) is 5.82 Å². The summed E-state index contributed by atoms with van der Waals surface area (Å²) in [6.07, 6.45) is 4.91. The molecule has 2 unspecified atom stereocenters. The molecule has 0 aliphatic heterocycles. The summed E-state index contributed by atoms with van der Waals surface area (Å²) < 4.78 is 14.5. The van der Waals surface area contributed by atoms with E-state index in [1.54, 1.807) is 0 Å². The highest BCUT2D eigenvalue weighted by Crippen LogP contribution is 2.26. The number of hydrogen-bond donors (Lipinski definition) is 5. The molecule has 7 N–H and O–H groups in total. The highest BCUT2D eigenvalue weighted by Gasteiger charge is 2.24. The van der Waals surface area contributed by atoms with Crippen molar-refractivity contribution in [3.05, 3.63) is 41.5 Å². The number of primary amides is 1. The maximum absolute atomic E-state index is 14.5. The van der Waals surface area contributed by atoms with Crippen LogP contribution in [-0.2, 0) is 0 Å². The highest BCUT2D eigenvalue weighted by molar-refractivity contribution is 5.98.